The lowest BCUT2D eigenvalue weighted by atomic mass is 10.0. The lowest BCUT2D eigenvalue weighted by Gasteiger charge is -2.30. The van der Waals surface area contributed by atoms with E-state index >= 15 is 0 Å². The molecule has 1 aliphatic rings. The number of anilines is 2. The average Bonchev–Trinajstić information content (AvgIpc) is 3.62. The Kier molecular flexibility index (Phi) is 7.55. The van der Waals surface area contributed by atoms with E-state index in [9.17, 15) is 20.0 Å². The summed E-state index contributed by atoms with van der Waals surface area (Å²) in [5, 5.41) is 24.2. The van der Waals surface area contributed by atoms with Crippen LogP contribution in [0.25, 0.3) is 16.8 Å². The molecule has 1 amide bonds. The maximum Gasteiger partial charge on any atom is 0.311 e. The SMILES string of the molecule is Nc1nc(NCCCn2cc(C(=O)N3CCCC(O)C3)c(-c3ccc(-n4ccnc4)cc3)c2)ccc1[N+](=O)[O-]. The molecule has 12 nitrogen and oxygen atoms in total. The molecule has 202 valence electrons. The number of amides is 1. The number of aryl methyl sites for hydroxylation is 1. The summed E-state index contributed by atoms with van der Waals surface area (Å²) in [5.41, 5.74) is 8.76. The van der Waals surface area contributed by atoms with Gasteiger partial charge in [-0.05, 0) is 43.0 Å². The highest BCUT2D eigenvalue weighted by molar-refractivity contribution is 6.01. The van der Waals surface area contributed by atoms with Crippen LogP contribution < -0.4 is 11.1 Å². The van der Waals surface area contributed by atoms with E-state index in [-0.39, 0.29) is 17.4 Å². The van der Waals surface area contributed by atoms with E-state index in [1.807, 2.05) is 52.0 Å². The second-order valence-electron chi connectivity index (χ2n) is 9.53. The molecule has 0 bridgehead atoms. The molecule has 12 heteroatoms. The number of likely N-dealkylation sites (tertiary alicyclic amines) is 1. The summed E-state index contributed by atoms with van der Waals surface area (Å²) in [4.78, 5) is 33.8. The number of carbonyl (C=O) groups is 1. The molecule has 1 aromatic carbocycles. The van der Waals surface area contributed by atoms with Crippen LogP contribution in [0.3, 0.4) is 0 Å². The van der Waals surface area contributed by atoms with Gasteiger partial charge >= 0.3 is 5.69 Å². The molecule has 4 N–H and O–H groups in total. The van der Waals surface area contributed by atoms with Crippen molar-refractivity contribution in [2.45, 2.75) is 31.9 Å². The number of nitrogens with two attached hydrogens (primary N) is 1. The lowest BCUT2D eigenvalue weighted by Crippen LogP contribution is -2.42. The summed E-state index contributed by atoms with van der Waals surface area (Å²) in [6.45, 7) is 2.14. The zero-order valence-electron chi connectivity index (χ0n) is 21.3. The van der Waals surface area contributed by atoms with Gasteiger partial charge in [0.2, 0.25) is 5.82 Å². The van der Waals surface area contributed by atoms with Gasteiger partial charge in [0.05, 0.1) is 22.9 Å². The highest BCUT2D eigenvalue weighted by atomic mass is 16.6. The summed E-state index contributed by atoms with van der Waals surface area (Å²) in [6, 6.07) is 10.8. The van der Waals surface area contributed by atoms with E-state index in [0.717, 1.165) is 23.2 Å². The van der Waals surface area contributed by atoms with Gasteiger partial charge in [-0.25, -0.2) is 9.97 Å². The summed E-state index contributed by atoms with van der Waals surface area (Å²) in [5.74, 6) is 0.235. The van der Waals surface area contributed by atoms with Gasteiger partial charge in [-0.15, -0.1) is 0 Å². The number of nitrogens with one attached hydrogen (secondary N) is 1. The molecule has 0 spiro atoms. The largest absolute Gasteiger partial charge is 0.391 e. The smallest absolute Gasteiger partial charge is 0.311 e. The number of pyridine rings is 1. The van der Waals surface area contributed by atoms with Crippen molar-refractivity contribution in [3.05, 3.63) is 83.2 Å². The Hall–Kier alpha value is -4.71. The molecular formula is C27H30N8O4. The molecule has 1 fully saturated rings. The standard InChI is InChI=1S/C27H30N8O4/c28-26-24(35(38)39)8-9-25(31-26)30-10-2-12-32-16-22(19-4-6-20(7-5-19)34-14-11-29-18-34)23(17-32)27(37)33-13-1-3-21(36)15-33/h4-9,11,14,16-18,21,36H,1-3,10,12-13,15H2,(H3,28,30,31). The first kappa shape index (κ1) is 25.9. The van der Waals surface area contributed by atoms with Gasteiger partial charge in [0, 0.05) is 68.3 Å². The number of nitrogen functional groups attached to an aromatic ring is 1. The summed E-state index contributed by atoms with van der Waals surface area (Å²) < 4.78 is 3.91. The Balaban J connectivity index is 1.32. The normalized spacial score (nSPS) is 15.3. The number of nitro groups is 1. The van der Waals surface area contributed by atoms with Gasteiger partial charge in [-0.2, -0.15) is 0 Å². The van der Waals surface area contributed by atoms with Crippen molar-refractivity contribution < 1.29 is 14.8 Å². The summed E-state index contributed by atoms with van der Waals surface area (Å²) in [6.07, 6.45) is 10.8. The molecule has 1 atom stereocenters. The monoisotopic (exact) mass is 530 g/mol. The summed E-state index contributed by atoms with van der Waals surface area (Å²) in [7, 11) is 0. The molecule has 0 radical (unpaired) electrons. The van der Waals surface area contributed by atoms with E-state index in [1.54, 1.807) is 17.4 Å². The minimum absolute atomic E-state index is 0.0927. The Bertz CT molecular complexity index is 1450. The predicted molar refractivity (Wildman–Crippen MR) is 147 cm³/mol. The number of hydrogen-bond donors (Lipinski definition) is 3. The Morgan fingerprint density at radius 2 is 2.03 bits per heavy atom. The van der Waals surface area contributed by atoms with Crippen molar-refractivity contribution >= 4 is 23.2 Å². The fraction of sp³-hybridized carbons (Fsp3) is 0.296. The number of nitrogens with zero attached hydrogens (tertiary/aromatic N) is 6. The first-order valence-corrected chi connectivity index (χ1v) is 12.8. The van der Waals surface area contributed by atoms with Crippen LogP contribution in [0.5, 0.6) is 0 Å². The number of aliphatic hydroxyl groups is 1. The van der Waals surface area contributed by atoms with Gasteiger partial charge in [0.1, 0.15) is 5.82 Å². The van der Waals surface area contributed by atoms with Crippen molar-refractivity contribution in [1.29, 1.82) is 0 Å². The number of imidazole rings is 1. The van der Waals surface area contributed by atoms with Crippen LogP contribution in [0.4, 0.5) is 17.3 Å². The zero-order valence-corrected chi connectivity index (χ0v) is 21.3. The number of β-amino-alcohol motifs (C(OH)–C–C–N with tert-alkyl or cyclic N) is 1. The quantitative estimate of drug-likeness (QED) is 0.169. The first-order chi connectivity index (χ1) is 18.9. The second-order valence-corrected chi connectivity index (χ2v) is 9.53. The van der Waals surface area contributed by atoms with Crippen LogP contribution in [0.1, 0.15) is 29.6 Å². The topological polar surface area (TPSA) is 157 Å². The molecule has 1 saturated heterocycles. The van der Waals surface area contributed by atoms with E-state index in [4.69, 9.17) is 5.73 Å². The molecule has 1 aliphatic heterocycles. The lowest BCUT2D eigenvalue weighted by molar-refractivity contribution is -0.384. The molecule has 0 saturated carbocycles. The van der Waals surface area contributed by atoms with E-state index in [1.165, 1.54) is 12.1 Å². The molecule has 4 aromatic rings. The highest BCUT2D eigenvalue weighted by Gasteiger charge is 2.26. The van der Waals surface area contributed by atoms with Crippen LogP contribution in [-0.2, 0) is 6.54 Å². The fourth-order valence-corrected chi connectivity index (χ4v) is 4.77. The number of piperidine rings is 1. The van der Waals surface area contributed by atoms with E-state index in [2.05, 4.69) is 15.3 Å². The summed E-state index contributed by atoms with van der Waals surface area (Å²) >= 11 is 0. The van der Waals surface area contributed by atoms with Crippen LogP contribution >= 0.6 is 0 Å². The Morgan fingerprint density at radius 1 is 1.21 bits per heavy atom. The third kappa shape index (κ3) is 5.91. The van der Waals surface area contributed by atoms with Crippen LogP contribution in [-0.4, -0.2) is 65.7 Å². The molecule has 3 aromatic heterocycles. The van der Waals surface area contributed by atoms with Crippen LogP contribution in [0.15, 0.2) is 67.5 Å². The highest BCUT2D eigenvalue weighted by Crippen LogP contribution is 2.28. The number of carbonyl (C=O) groups excluding carboxylic acids is 1. The number of hydrogen-bond acceptors (Lipinski definition) is 8. The maximum atomic E-state index is 13.5. The third-order valence-electron chi connectivity index (χ3n) is 6.77. The van der Waals surface area contributed by atoms with Crippen molar-refractivity contribution in [1.82, 2.24) is 24.0 Å². The molecule has 5 rings (SSSR count). The molecule has 39 heavy (non-hydrogen) atoms. The van der Waals surface area contributed by atoms with Crippen molar-refractivity contribution in [3.8, 4) is 16.8 Å². The van der Waals surface area contributed by atoms with Gasteiger partial charge in [0.25, 0.3) is 5.91 Å². The minimum atomic E-state index is -0.565. The van der Waals surface area contributed by atoms with Gasteiger partial charge < -0.3 is 30.2 Å². The molecule has 0 aliphatic carbocycles. The second kappa shape index (κ2) is 11.4. The van der Waals surface area contributed by atoms with Crippen molar-refractivity contribution in [2.24, 2.45) is 0 Å². The molecule has 4 heterocycles. The van der Waals surface area contributed by atoms with Crippen molar-refractivity contribution in [3.63, 3.8) is 0 Å². The number of benzene rings is 1. The number of aliphatic hydroxyl groups excluding tert-OH is 1. The van der Waals surface area contributed by atoms with Crippen molar-refractivity contribution in [2.75, 3.05) is 30.7 Å². The fourth-order valence-electron chi connectivity index (χ4n) is 4.77. The molecule has 1 unspecified atom stereocenters. The van der Waals surface area contributed by atoms with Gasteiger partial charge in [-0.1, -0.05) is 12.1 Å². The minimum Gasteiger partial charge on any atom is -0.391 e. The first-order valence-electron chi connectivity index (χ1n) is 12.8. The number of aromatic nitrogens is 4. The third-order valence-corrected chi connectivity index (χ3v) is 6.77. The average molecular weight is 531 g/mol. The van der Waals surface area contributed by atoms with Crippen LogP contribution in [0.2, 0.25) is 0 Å². The van der Waals surface area contributed by atoms with E-state index in [0.29, 0.717) is 50.4 Å². The van der Waals surface area contributed by atoms with Gasteiger partial charge in [0.15, 0.2) is 0 Å². The Labute approximate surface area is 224 Å². The Morgan fingerprint density at radius 3 is 2.72 bits per heavy atom. The van der Waals surface area contributed by atoms with Gasteiger partial charge in [-0.3, -0.25) is 14.9 Å². The molecular weight excluding hydrogens is 500 g/mol. The zero-order chi connectivity index (χ0) is 27.4. The number of rotatable bonds is 9. The maximum absolute atomic E-state index is 13.5. The van der Waals surface area contributed by atoms with E-state index < -0.39 is 11.0 Å². The van der Waals surface area contributed by atoms with Crippen LogP contribution in [0, 0.1) is 10.1 Å². The predicted octanol–water partition coefficient (Wildman–Crippen LogP) is 3.33.